The highest BCUT2D eigenvalue weighted by molar-refractivity contribution is 6.74. The summed E-state index contributed by atoms with van der Waals surface area (Å²) >= 11 is 0. The predicted molar refractivity (Wildman–Crippen MR) is 129 cm³/mol. The number of methoxy groups -OCH3 is 2. The zero-order chi connectivity index (χ0) is 23.7. The van der Waals surface area contributed by atoms with Gasteiger partial charge in [-0.25, -0.2) is 0 Å². The number of nitro groups is 1. The molecule has 0 N–H and O–H groups in total. The molecule has 0 saturated heterocycles. The van der Waals surface area contributed by atoms with Crippen LogP contribution in [0.15, 0.2) is 36.4 Å². The van der Waals surface area contributed by atoms with Gasteiger partial charge in [0.15, 0.2) is 19.8 Å². The van der Waals surface area contributed by atoms with Crippen LogP contribution in [0.3, 0.4) is 0 Å². The van der Waals surface area contributed by atoms with Crippen molar-refractivity contribution in [1.82, 2.24) is 0 Å². The number of rotatable bonds is 7. The summed E-state index contributed by atoms with van der Waals surface area (Å²) in [5.74, 6) is 0.877. The van der Waals surface area contributed by atoms with Crippen molar-refractivity contribution >= 4 is 8.32 Å². The van der Waals surface area contributed by atoms with Crippen molar-refractivity contribution in [2.75, 3.05) is 14.2 Å². The van der Waals surface area contributed by atoms with Gasteiger partial charge in [0, 0.05) is 11.3 Å². The van der Waals surface area contributed by atoms with Crippen LogP contribution in [-0.4, -0.2) is 33.5 Å². The van der Waals surface area contributed by atoms with Crippen LogP contribution in [0.2, 0.25) is 18.1 Å². The van der Waals surface area contributed by atoms with Gasteiger partial charge in [-0.2, -0.15) is 0 Å². The third kappa shape index (κ3) is 4.69. The molecule has 0 fully saturated rings. The van der Waals surface area contributed by atoms with Crippen LogP contribution in [0, 0.1) is 10.1 Å². The van der Waals surface area contributed by atoms with Crippen molar-refractivity contribution < 1.29 is 18.8 Å². The summed E-state index contributed by atoms with van der Waals surface area (Å²) in [4.78, 5) is 12.0. The van der Waals surface area contributed by atoms with Gasteiger partial charge in [0.25, 0.3) is 0 Å². The SMILES string of the molecule is COc1cc2c(cc1OC)[C@H](c1ccccc1CO[Si](C)(C)C(C)(C)C)[C@@H]([N+](=O)[O-])CC2. The third-order valence-corrected chi connectivity index (χ3v) is 11.6. The van der Waals surface area contributed by atoms with E-state index in [1.165, 1.54) is 0 Å². The molecule has 2 aromatic rings. The van der Waals surface area contributed by atoms with Crippen LogP contribution >= 0.6 is 0 Å². The van der Waals surface area contributed by atoms with Crippen LogP contribution in [0.25, 0.3) is 0 Å². The fourth-order valence-electron chi connectivity index (χ4n) is 4.17. The molecule has 0 radical (unpaired) electrons. The summed E-state index contributed by atoms with van der Waals surface area (Å²) in [6.45, 7) is 11.5. The number of ether oxygens (including phenoxy) is 2. The second kappa shape index (κ2) is 9.23. The highest BCUT2D eigenvalue weighted by Crippen LogP contribution is 2.44. The molecule has 174 valence electrons. The van der Waals surface area contributed by atoms with Crippen LogP contribution in [0.4, 0.5) is 0 Å². The van der Waals surface area contributed by atoms with Gasteiger partial charge in [-0.05, 0) is 58.9 Å². The Morgan fingerprint density at radius 2 is 1.69 bits per heavy atom. The van der Waals surface area contributed by atoms with E-state index in [0.717, 1.165) is 22.3 Å². The molecule has 0 heterocycles. The molecule has 0 aromatic heterocycles. The minimum Gasteiger partial charge on any atom is -0.493 e. The third-order valence-electron chi connectivity index (χ3n) is 7.13. The Hall–Kier alpha value is -2.38. The van der Waals surface area contributed by atoms with Gasteiger partial charge in [0.2, 0.25) is 6.04 Å². The molecule has 6 nitrogen and oxygen atoms in total. The average Bonchev–Trinajstić information content (AvgIpc) is 2.75. The number of fused-ring (bicyclic) bond motifs is 1. The van der Waals surface area contributed by atoms with Crippen LogP contribution in [0.1, 0.15) is 55.4 Å². The zero-order valence-corrected chi connectivity index (χ0v) is 21.2. The van der Waals surface area contributed by atoms with Crippen molar-refractivity contribution in [3.05, 3.63) is 68.8 Å². The molecule has 0 saturated carbocycles. The van der Waals surface area contributed by atoms with Crippen molar-refractivity contribution in [2.45, 2.75) is 70.3 Å². The van der Waals surface area contributed by atoms with E-state index in [1.807, 2.05) is 36.4 Å². The Bertz CT molecular complexity index is 983. The molecule has 2 aromatic carbocycles. The normalized spacial score (nSPS) is 18.7. The van der Waals surface area contributed by atoms with Crippen LogP contribution in [0.5, 0.6) is 11.5 Å². The fraction of sp³-hybridized carbons (Fsp3) is 0.520. The van der Waals surface area contributed by atoms with E-state index in [2.05, 4.69) is 33.9 Å². The second-order valence-corrected chi connectivity index (χ2v) is 14.8. The Morgan fingerprint density at radius 1 is 1.06 bits per heavy atom. The highest BCUT2D eigenvalue weighted by atomic mass is 28.4. The first-order chi connectivity index (χ1) is 15.0. The quantitative estimate of drug-likeness (QED) is 0.292. The molecule has 0 aliphatic heterocycles. The van der Waals surface area contributed by atoms with Gasteiger partial charge < -0.3 is 13.9 Å². The Balaban J connectivity index is 2.09. The highest BCUT2D eigenvalue weighted by Gasteiger charge is 2.41. The first-order valence-corrected chi connectivity index (χ1v) is 14.0. The second-order valence-electron chi connectivity index (χ2n) is 10.0. The number of benzene rings is 2. The lowest BCUT2D eigenvalue weighted by molar-refractivity contribution is -0.526. The van der Waals surface area contributed by atoms with Gasteiger partial charge in [-0.1, -0.05) is 45.0 Å². The number of aryl methyl sites for hydroxylation is 1. The standard InChI is InChI=1S/C25H35NO5Si/c1-25(2,3)32(6,7)31-16-18-10-8-9-11-19(18)24-20-15-23(30-5)22(29-4)14-17(20)12-13-21(24)26(27)28/h8-11,14-15,21,24H,12-13,16H2,1-7H3/t21-,24-/m0/s1. The lowest BCUT2D eigenvalue weighted by Crippen LogP contribution is -2.40. The lowest BCUT2D eigenvalue weighted by Gasteiger charge is -2.37. The van der Waals surface area contributed by atoms with Crippen molar-refractivity contribution in [3.63, 3.8) is 0 Å². The average molecular weight is 458 g/mol. The first-order valence-electron chi connectivity index (χ1n) is 11.1. The maximum Gasteiger partial charge on any atom is 0.224 e. The topological polar surface area (TPSA) is 70.8 Å². The Morgan fingerprint density at radius 3 is 2.28 bits per heavy atom. The molecule has 32 heavy (non-hydrogen) atoms. The summed E-state index contributed by atoms with van der Waals surface area (Å²) in [7, 11) is 1.23. The molecule has 0 amide bonds. The number of hydrogen-bond acceptors (Lipinski definition) is 5. The maximum absolute atomic E-state index is 12.1. The van der Waals surface area contributed by atoms with E-state index in [0.29, 0.717) is 30.9 Å². The van der Waals surface area contributed by atoms with Crippen molar-refractivity contribution in [1.29, 1.82) is 0 Å². The maximum atomic E-state index is 12.1. The van der Waals surface area contributed by atoms with Gasteiger partial charge in [-0.3, -0.25) is 10.1 Å². The molecule has 2 atom stereocenters. The Kier molecular flexibility index (Phi) is 7.00. The summed E-state index contributed by atoms with van der Waals surface area (Å²) in [6, 6.07) is 11.2. The molecule has 0 bridgehead atoms. The van der Waals surface area contributed by atoms with E-state index >= 15 is 0 Å². The molecule has 3 rings (SSSR count). The van der Waals surface area contributed by atoms with Gasteiger partial charge in [-0.15, -0.1) is 0 Å². The Labute approximate surface area is 192 Å². The summed E-state index contributed by atoms with van der Waals surface area (Å²) < 4.78 is 17.5. The molecule has 1 aliphatic rings. The summed E-state index contributed by atoms with van der Waals surface area (Å²) in [5, 5.41) is 12.2. The van der Waals surface area contributed by atoms with E-state index in [-0.39, 0.29) is 15.9 Å². The summed E-state index contributed by atoms with van der Waals surface area (Å²) in [5.41, 5.74) is 3.99. The van der Waals surface area contributed by atoms with Crippen LogP contribution in [-0.2, 0) is 17.5 Å². The molecule has 0 spiro atoms. The molecule has 1 aliphatic carbocycles. The smallest absolute Gasteiger partial charge is 0.224 e. The van der Waals surface area contributed by atoms with E-state index in [9.17, 15) is 10.1 Å². The first kappa shape index (κ1) is 24.3. The molecule has 7 heteroatoms. The van der Waals surface area contributed by atoms with E-state index in [4.69, 9.17) is 13.9 Å². The number of nitrogens with zero attached hydrogens (tertiary/aromatic N) is 1. The molecular weight excluding hydrogens is 422 g/mol. The van der Waals surface area contributed by atoms with Crippen molar-refractivity contribution in [2.24, 2.45) is 0 Å². The minimum absolute atomic E-state index is 0.0900. The van der Waals surface area contributed by atoms with E-state index in [1.54, 1.807) is 14.2 Å². The van der Waals surface area contributed by atoms with Crippen LogP contribution < -0.4 is 9.47 Å². The van der Waals surface area contributed by atoms with Gasteiger partial charge >= 0.3 is 0 Å². The number of hydrogen-bond donors (Lipinski definition) is 0. The lowest BCUT2D eigenvalue weighted by atomic mass is 9.74. The predicted octanol–water partition coefficient (Wildman–Crippen LogP) is 5.95. The summed E-state index contributed by atoms with van der Waals surface area (Å²) in [6.07, 6.45) is 1.12. The molecular formula is C25H35NO5Si. The van der Waals surface area contributed by atoms with Crippen molar-refractivity contribution in [3.8, 4) is 11.5 Å². The van der Waals surface area contributed by atoms with Gasteiger partial charge in [0.05, 0.1) is 26.7 Å². The monoisotopic (exact) mass is 457 g/mol. The zero-order valence-electron chi connectivity index (χ0n) is 20.2. The van der Waals surface area contributed by atoms with E-state index < -0.39 is 14.4 Å². The minimum atomic E-state index is -1.97. The fourth-order valence-corrected chi connectivity index (χ4v) is 5.12. The molecule has 0 unspecified atom stereocenters. The van der Waals surface area contributed by atoms with Gasteiger partial charge in [0.1, 0.15) is 0 Å². The largest absolute Gasteiger partial charge is 0.493 e.